The third-order valence-electron chi connectivity index (χ3n) is 6.30. The molecule has 0 aromatic heterocycles. The summed E-state index contributed by atoms with van der Waals surface area (Å²) in [6, 6.07) is 13.2. The number of fused-ring (bicyclic) bond motifs is 1. The number of rotatable bonds is 3. The molecule has 32 heavy (non-hydrogen) atoms. The minimum absolute atomic E-state index is 0.00951. The second kappa shape index (κ2) is 8.02. The standard InChI is InChI=1S/C25H22ClNO5/c1-13-22(25(29)30-2)23(15-5-8-20-21(11-15)32-12-31-20)24-18(27-13)9-16(10-19(24)28)14-3-6-17(26)7-4-14/h3-8,11,16,23,27H,9-10,12H2,1-2H3/t16-,23-/m0/s1. The quantitative estimate of drug-likeness (QED) is 0.687. The van der Waals surface area contributed by atoms with Gasteiger partial charge in [0.05, 0.1) is 12.7 Å². The summed E-state index contributed by atoms with van der Waals surface area (Å²) in [5, 5.41) is 4.00. The molecule has 1 N–H and O–H groups in total. The van der Waals surface area contributed by atoms with Crippen LogP contribution in [-0.2, 0) is 14.3 Å². The lowest BCUT2D eigenvalue weighted by Gasteiger charge is -2.36. The smallest absolute Gasteiger partial charge is 0.336 e. The topological polar surface area (TPSA) is 73.9 Å². The Labute approximate surface area is 190 Å². The van der Waals surface area contributed by atoms with E-state index in [1.54, 1.807) is 0 Å². The summed E-state index contributed by atoms with van der Waals surface area (Å²) in [7, 11) is 1.35. The highest BCUT2D eigenvalue weighted by molar-refractivity contribution is 6.30. The van der Waals surface area contributed by atoms with E-state index in [2.05, 4.69) is 5.32 Å². The molecule has 1 aliphatic carbocycles. The predicted molar refractivity (Wildman–Crippen MR) is 119 cm³/mol. The summed E-state index contributed by atoms with van der Waals surface area (Å²) in [6.07, 6.45) is 1.02. The molecule has 2 atom stereocenters. The lowest BCUT2D eigenvalue weighted by Crippen LogP contribution is -2.36. The number of allylic oxidation sites excluding steroid dienone is 3. The van der Waals surface area contributed by atoms with Crippen LogP contribution in [0.4, 0.5) is 0 Å². The first-order valence-electron chi connectivity index (χ1n) is 10.4. The molecule has 2 aromatic rings. The molecule has 0 saturated heterocycles. The van der Waals surface area contributed by atoms with E-state index in [-0.39, 0.29) is 18.5 Å². The number of Topliss-reactive ketones (excluding diaryl/α,β-unsaturated/α-hetero) is 1. The van der Waals surface area contributed by atoms with Crippen molar-refractivity contribution in [3.05, 3.63) is 81.2 Å². The average Bonchev–Trinajstić information content (AvgIpc) is 3.26. The number of carbonyl (C=O) groups is 2. The molecule has 0 unspecified atom stereocenters. The highest BCUT2D eigenvalue weighted by Gasteiger charge is 2.41. The van der Waals surface area contributed by atoms with Crippen LogP contribution in [0.5, 0.6) is 11.5 Å². The number of hydrogen-bond acceptors (Lipinski definition) is 6. The van der Waals surface area contributed by atoms with Crippen molar-refractivity contribution in [1.29, 1.82) is 0 Å². The Bertz CT molecular complexity index is 1180. The highest BCUT2D eigenvalue weighted by Crippen LogP contribution is 2.47. The van der Waals surface area contributed by atoms with Gasteiger partial charge in [0.25, 0.3) is 0 Å². The monoisotopic (exact) mass is 451 g/mol. The van der Waals surface area contributed by atoms with Gasteiger partial charge in [-0.1, -0.05) is 29.8 Å². The van der Waals surface area contributed by atoms with Gasteiger partial charge in [0.2, 0.25) is 6.79 Å². The van der Waals surface area contributed by atoms with Crippen molar-refractivity contribution in [2.45, 2.75) is 31.6 Å². The van der Waals surface area contributed by atoms with Gasteiger partial charge in [-0.15, -0.1) is 0 Å². The van der Waals surface area contributed by atoms with Crippen LogP contribution >= 0.6 is 11.6 Å². The van der Waals surface area contributed by atoms with Crippen LogP contribution in [0.3, 0.4) is 0 Å². The molecule has 0 saturated carbocycles. The molecule has 5 rings (SSSR count). The van der Waals surface area contributed by atoms with E-state index in [1.165, 1.54) is 7.11 Å². The van der Waals surface area contributed by atoms with Gasteiger partial charge < -0.3 is 19.5 Å². The number of methoxy groups -OCH3 is 1. The number of dihydropyridines is 1. The summed E-state index contributed by atoms with van der Waals surface area (Å²) < 4.78 is 16.1. The maximum atomic E-state index is 13.5. The first kappa shape index (κ1) is 20.6. The Hall–Kier alpha value is -3.25. The number of halogens is 1. The van der Waals surface area contributed by atoms with Crippen molar-refractivity contribution >= 4 is 23.4 Å². The van der Waals surface area contributed by atoms with Crippen molar-refractivity contribution in [3.8, 4) is 11.5 Å². The Morgan fingerprint density at radius 2 is 1.78 bits per heavy atom. The van der Waals surface area contributed by atoms with Crippen LogP contribution < -0.4 is 14.8 Å². The van der Waals surface area contributed by atoms with Gasteiger partial charge in [-0.25, -0.2) is 4.79 Å². The van der Waals surface area contributed by atoms with E-state index in [0.717, 1.165) is 16.8 Å². The molecule has 6 nitrogen and oxygen atoms in total. The first-order valence-corrected chi connectivity index (χ1v) is 10.8. The highest BCUT2D eigenvalue weighted by atomic mass is 35.5. The number of ether oxygens (including phenoxy) is 3. The molecule has 0 fully saturated rings. The van der Waals surface area contributed by atoms with E-state index in [1.807, 2.05) is 49.4 Å². The van der Waals surface area contributed by atoms with Crippen LogP contribution in [0.15, 0.2) is 65.0 Å². The first-order chi connectivity index (χ1) is 15.5. The fourth-order valence-corrected chi connectivity index (χ4v) is 4.94. The van der Waals surface area contributed by atoms with Gasteiger partial charge in [0, 0.05) is 34.3 Å². The zero-order valence-corrected chi connectivity index (χ0v) is 18.5. The second-order valence-electron chi connectivity index (χ2n) is 8.17. The van der Waals surface area contributed by atoms with Gasteiger partial charge >= 0.3 is 5.97 Å². The summed E-state index contributed by atoms with van der Waals surface area (Å²) >= 11 is 6.04. The average molecular weight is 452 g/mol. The van der Waals surface area contributed by atoms with E-state index >= 15 is 0 Å². The van der Waals surface area contributed by atoms with Gasteiger partial charge in [-0.3, -0.25) is 4.79 Å². The molecule has 2 aromatic carbocycles. The lowest BCUT2D eigenvalue weighted by atomic mass is 9.71. The molecule has 2 heterocycles. The largest absolute Gasteiger partial charge is 0.466 e. The van der Waals surface area contributed by atoms with E-state index in [4.69, 9.17) is 25.8 Å². The third-order valence-corrected chi connectivity index (χ3v) is 6.56. The van der Waals surface area contributed by atoms with Crippen LogP contribution in [0, 0.1) is 0 Å². The second-order valence-corrected chi connectivity index (χ2v) is 8.61. The number of ketones is 1. The molecule has 0 bridgehead atoms. The summed E-state index contributed by atoms with van der Waals surface area (Å²) in [6.45, 7) is 1.99. The summed E-state index contributed by atoms with van der Waals surface area (Å²) in [4.78, 5) is 26.3. The normalized spacial score (nSPS) is 21.9. The Kier molecular flexibility index (Phi) is 5.18. The van der Waals surface area contributed by atoms with Crippen molar-refractivity contribution < 1.29 is 23.8 Å². The van der Waals surface area contributed by atoms with Gasteiger partial charge in [0.1, 0.15) is 0 Å². The van der Waals surface area contributed by atoms with Crippen LogP contribution in [-0.4, -0.2) is 25.7 Å². The van der Waals surface area contributed by atoms with Gasteiger partial charge in [-0.2, -0.15) is 0 Å². The zero-order chi connectivity index (χ0) is 22.4. The summed E-state index contributed by atoms with van der Waals surface area (Å²) in [5.74, 6) is 0.303. The number of hydrogen-bond donors (Lipinski definition) is 1. The number of benzene rings is 2. The molecule has 0 spiro atoms. The molecule has 7 heteroatoms. The van der Waals surface area contributed by atoms with Crippen molar-refractivity contribution in [1.82, 2.24) is 5.32 Å². The Morgan fingerprint density at radius 1 is 1.06 bits per heavy atom. The number of nitrogens with one attached hydrogen (secondary N) is 1. The van der Waals surface area contributed by atoms with E-state index in [9.17, 15) is 9.59 Å². The van der Waals surface area contributed by atoms with E-state index in [0.29, 0.717) is 46.2 Å². The van der Waals surface area contributed by atoms with Crippen molar-refractivity contribution in [3.63, 3.8) is 0 Å². The fourth-order valence-electron chi connectivity index (χ4n) is 4.82. The fraction of sp³-hybridized carbons (Fsp3) is 0.280. The summed E-state index contributed by atoms with van der Waals surface area (Å²) in [5.41, 5.74) is 4.43. The minimum Gasteiger partial charge on any atom is -0.466 e. The molecule has 164 valence electrons. The maximum absolute atomic E-state index is 13.5. The van der Waals surface area contributed by atoms with Crippen LogP contribution in [0.25, 0.3) is 0 Å². The third kappa shape index (κ3) is 3.45. The number of esters is 1. The molecule has 0 amide bonds. The van der Waals surface area contributed by atoms with Crippen LogP contribution in [0.2, 0.25) is 5.02 Å². The lowest BCUT2D eigenvalue weighted by molar-refractivity contribution is -0.136. The molecule has 2 aliphatic heterocycles. The molecular formula is C25H22ClNO5. The van der Waals surface area contributed by atoms with Gasteiger partial charge in [-0.05, 0) is 54.7 Å². The van der Waals surface area contributed by atoms with Crippen molar-refractivity contribution in [2.75, 3.05) is 13.9 Å². The number of carbonyl (C=O) groups excluding carboxylic acids is 2. The predicted octanol–water partition coefficient (Wildman–Crippen LogP) is 4.60. The molecule has 0 radical (unpaired) electrons. The molecular weight excluding hydrogens is 430 g/mol. The zero-order valence-electron chi connectivity index (χ0n) is 17.7. The van der Waals surface area contributed by atoms with Crippen molar-refractivity contribution in [2.24, 2.45) is 0 Å². The van der Waals surface area contributed by atoms with E-state index < -0.39 is 11.9 Å². The van der Waals surface area contributed by atoms with Crippen LogP contribution in [0.1, 0.15) is 42.7 Å². The van der Waals surface area contributed by atoms with Gasteiger partial charge in [0.15, 0.2) is 17.3 Å². The SMILES string of the molecule is COC(=O)C1=C(C)NC2=C(C(=O)C[C@@H](c3ccc(Cl)cc3)C2)[C@H]1c1ccc2c(c1)OCO2. The Balaban J connectivity index is 1.59. The maximum Gasteiger partial charge on any atom is 0.336 e. The minimum atomic E-state index is -0.535. The molecule has 3 aliphatic rings. The Morgan fingerprint density at radius 3 is 2.53 bits per heavy atom.